The molecule has 3 aliphatic rings. The van der Waals surface area contributed by atoms with Crippen LogP contribution in [0.25, 0.3) is 0 Å². The fraction of sp³-hybridized carbons (Fsp3) is 0.552. The SMILES string of the molecule is C[C@@H]1COCCN1C[C@H]1CN(C(=O)O)[C@H](C)CN1CC(=O)N1CCOc2nc(CO)c(Cc3ccc(F)cc3)cc21. The smallest absolute Gasteiger partial charge is 0.407 e. The van der Waals surface area contributed by atoms with Gasteiger partial charge < -0.3 is 29.5 Å². The fourth-order valence-electron chi connectivity index (χ4n) is 5.89. The molecule has 0 bridgehead atoms. The predicted molar refractivity (Wildman–Crippen MR) is 149 cm³/mol. The van der Waals surface area contributed by atoms with Crippen LogP contribution < -0.4 is 9.64 Å². The van der Waals surface area contributed by atoms with Gasteiger partial charge in [0.2, 0.25) is 11.8 Å². The molecule has 2 N–H and O–H groups in total. The zero-order valence-electron chi connectivity index (χ0n) is 23.5. The van der Waals surface area contributed by atoms with Gasteiger partial charge in [-0.1, -0.05) is 12.1 Å². The number of benzene rings is 1. The van der Waals surface area contributed by atoms with Crippen molar-refractivity contribution in [3.05, 3.63) is 53.0 Å². The van der Waals surface area contributed by atoms with E-state index in [0.29, 0.717) is 63.1 Å². The van der Waals surface area contributed by atoms with Gasteiger partial charge >= 0.3 is 6.09 Å². The summed E-state index contributed by atoms with van der Waals surface area (Å²) >= 11 is 0. The quantitative estimate of drug-likeness (QED) is 0.513. The number of carbonyl (C=O) groups is 2. The number of fused-ring (bicyclic) bond motifs is 1. The number of aliphatic hydroxyl groups excluding tert-OH is 1. The molecule has 0 unspecified atom stereocenters. The zero-order valence-corrected chi connectivity index (χ0v) is 23.5. The molecule has 3 atom stereocenters. The van der Waals surface area contributed by atoms with Crippen molar-refractivity contribution in [3.63, 3.8) is 0 Å². The van der Waals surface area contributed by atoms with Crippen molar-refractivity contribution in [1.82, 2.24) is 19.7 Å². The second kappa shape index (κ2) is 12.7. The number of hydrogen-bond donors (Lipinski definition) is 2. The number of aliphatic hydroxyl groups is 1. The lowest BCUT2D eigenvalue weighted by Gasteiger charge is -2.47. The minimum absolute atomic E-state index is 0.121. The molecule has 2 saturated heterocycles. The average molecular weight is 572 g/mol. The molecule has 11 nitrogen and oxygen atoms in total. The first kappa shape index (κ1) is 29.2. The molecule has 12 heteroatoms. The average Bonchev–Trinajstić information content (AvgIpc) is 2.95. The van der Waals surface area contributed by atoms with Gasteiger partial charge in [-0.2, -0.15) is 0 Å². The molecule has 2 fully saturated rings. The maximum atomic E-state index is 13.9. The highest BCUT2D eigenvalue weighted by Crippen LogP contribution is 2.33. The van der Waals surface area contributed by atoms with E-state index in [1.165, 1.54) is 17.0 Å². The van der Waals surface area contributed by atoms with E-state index >= 15 is 0 Å². The minimum atomic E-state index is -0.954. The number of carboxylic acid groups (broad SMARTS) is 1. The molecule has 222 valence electrons. The second-order valence-corrected chi connectivity index (χ2v) is 11.1. The number of amides is 2. The second-order valence-electron chi connectivity index (χ2n) is 11.1. The Labute approximate surface area is 239 Å². The van der Waals surface area contributed by atoms with Crippen molar-refractivity contribution >= 4 is 17.7 Å². The van der Waals surface area contributed by atoms with E-state index in [0.717, 1.165) is 17.7 Å². The molecule has 41 heavy (non-hydrogen) atoms. The number of morpholine rings is 1. The van der Waals surface area contributed by atoms with Gasteiger partial charge in [0.1, 0.15) is 18.1 Å². The molecular formula is C29H38FN5O6. The van der Waals surface area contributed by atoms with E-state index in [4.69, 9.17) is 9.47 Å². The first-order valence-electron chi connectivity index (χ1n) is 14.1. The maximum absolute atomic E-state index is 13.9. The molecule has 3 aliphatic heterocycles. The van der Waals surface area contributed by atoms with Crippen LogP contribution >= 0.6 is 0 Å². The van der Waals surface area contributed by atoms with Crippen molar-refractivity contribution in [2.45, 2.75) is 45.0 Å². The summed E-state index contributed by atoms with van der Waals surface area (Å²) in [6.45, 7) is 7.80. The molecule has 0 radical (unpaired) electrons. The molecule has 2 aromatic rings. The van der Waals surface area contributed by atoms with E-state index in [1.807, 2.05) is 13.0 Å². The van der Waals surface area contributed by atoms with Crippen LogP contribution in [0.1, 0.15) is 30.7 Å². The summed E-state index contributed by atoms with van der Waals surface area (Å²) < 4.78 is 24.8. The van der Waals surface area contributed by atoms with Crippen LogP contribution in [0.2, 0.25) is 0 Å². The van der Waals surface area contributed by atoms with Crippen LogP contribution in [0.15, 0.2) is 30.3 Å². The normalized spacial score (nSPS) is 23.7. The third-order valence-corrected chi connectivity index (χ3v) is 8.23. The van der Waals surface area contributed by atoms with Crippen molar-refractivity contribution in [3.8, 4) is 5.88 Å². The van der Waals surface area contributed by atoms with Crippen LogP contribution in [-0.4, -0.2) is 119 Å². The van der Waals surface area contributed by atoms with Gasteiger partial charge in [0, 0.05) is 44.3 Å². The molecule has 0 aliphatic carbocycles. The number of carbonyl (C=O) groups excluding carboxylic acids is 1. The van der Waals surface area contributed by atoms with Crippen LogP contribution in [0.3, 0.4) is 0 Å². The van der Waals surface area contributed by atoms with E-state index < -0.39 is 6.09 Å². The van der Waals surface area contributed by atoms with Crippen molar-refractivity contribution < 1.29 is 33.7 Å². The Kier molecular flexibility index (Phi) is 9.03. The Morgan fingerprint density at radius 2 is 1.85 bits per heavy atom. The number of ether oxygens (including phenoxy) is 2. The van der Waals surface area contributed by atoms with Crippen molar-refractivity contribution in [2.24, 2.45) is 0 Å². The molecule has 0 spiro atoms. The van der Waals surface area contributed by atoms with Gasteiger partial charge in [0.05, 0.1) is 38.6 Å². The third kappa shape index (κ3) is 6.61. The molecule has 5 rings (SSSR count). The maximum Gasteiger partial charge on any atom is 0.407 e. The third-order valence-electron chi connectivity index (χ3n) is 8.23. The standard InChI is InChI=1S/C29H38FN5O6/c1-19-13-33(24(15-35(19)29(38)39)14-32-7-9-40-18-20(32)2)16-27(37)34-8-10-41-28-26(34)12-22(25(17-36)31-28)11-21-3-5-23(30)6-4-21/h3-6,12,19-20,24,36H,7-11,13-18H2,1-2H3,(H,38,39)/t19-,20-,24+/m1/s1. The molecule has 0 saturated carbocycles. The van der Waals surface area contributed by atoms with Gasteiger partial charge in [-0.25, -0.2) is 14.2 Å². The number of pyridine rings is 1. The summed E-state index contributed by atoms with van der Waals surface area (Å²) in [7, 11) is 0. The van der Waals surface area contributed by atoms with Crippen LogP contribution in [0.4, 0.5) is 14.9 Å². The lowest BCUT2D eigenvalue weighted by Crippen LogP contribution is -2.64. The Bertz CT molecular complexity index is 1250. The Balaban J connectivity index is 1.37. The molecule has 1 aromatic carbocycles. The number of rotatable bonds is 7. The largest absolute Gasteiger partial charge is 0.474 e. The summed E-state index contributed by atoms with van der Waals surface area (Å²) in [5, 5.41) is 19.8. The highest BCUT2D eigenvalue weighted by molar-refractivity contribution is 5.96. The lowest BCUT2D eigenvalue weighted by atomic mass is 10.0. The lowest BCUT2D eigenvalue weighted by molar-refractivity contribution is -0.122. The van der Waals surface area contributed by atoms with Crippen LogP contribution in [-0.2, 0) is 22.6 Å². The molecule has 1 aromatic heterocycles. The van der Waals surface area contributed by atoms with Crippen LogP contribution in [0.5, 0.6) is 5.88 Å². The highest BCUT2D eigenvalue weighted by atomic mass is 19.1. The number of nitrogens with zero attached hydrogens (tertiary/aromatic N) is 5. The van der Waals surface area contributed by atoms with Gasteiger partial charge in [0.15, 0.2) is 0 Å². The monoisotopic (exact) mass is 571 g/mol. The minimum Gasteiger partial charge on any atom is -0.474 e. The van der Waals surface area contributed by atoms with Gasteiger partial charge in [-0.05, 0) is 49.6 Å². The van der Waals surface area contributed by atoms with Gasteiger partial charge in [-0.3, -0.25) is 14.6 Å². The zero-order chi connectivity index (χ0) is 29.1. The topological polar surface area (TPSA) is 119 Å². The summed E-state index contributed by atoms with van der Waals surface area (Å²) in [4.78, 5) is 37.9. The van der Waals surface area contributed by atoms with Crippen molar-refractivity contribution in [2.75, 3.05) is 64.0 Å². The Morgan fingerprint density at radius 1 is 1.07 bits per heavy atom. The number of halogens is 1. The molecule has 4 heterocycles. The molecular weight excluding hydrogens is 533 g/mol. The van der Waals surface area contributed by atoms with E-state index in [9.17, 15) is 24.2 Å². The number of piperazine rings is 1. The number of hydrogen-bond acceptors (Lipinski definition) is 8. The fourth-order valence-corrected chi connectivity index (χ4v) is 5.89. The van der Waals surface area contributed by atoms with E-state index in [2.05, 4.69) is 21.7 Å². The Morgan fingerprint density at radius 3 is 2.56 bits per heavy atom. The van der Waals surface area contributed by atoms with E-state index in [1.54, 1.807) is 17.0 Å². The van der Waals surface area contributed by atoms with E-state index in [-0.39, 0.29) is 49.6 Å². The highest BCUT2D eigenvalue weighted by Gasteiger charge is 2.38. The van der Waals surface area contributed by atoms with Crippen LogP contribution in [0, 0.1) is 5.82 Å². The molecule has 2 amide bonds. The summed E-state index contributed by atoms with van der Waals surface area (Å²) in [5.41, 5.74) is 2.55. The predicted octanol–water partition coefficient (Wildman–Crippen LogP) is 1.80. The van der Waals surface area contributed by atoms with Gasteiger partial charge in [-0.15, -0.1) is 0 Å². The van der Waals surface area contributed by atoms with Gasteiger partial charge in [0.25, 0.3) is 0 Å². The van der Waals surface area contributed by atoms with Crippen molar-refractivity contribution in [1.29, 1.82) is 0 Å². The Hall–Kier alpha value is -3.32. The summed E-state index contributed by atoms with van der Waals surface area (Å²) in [6.07, 6.45) is -0.544. The first-order chi connectivity index (χ1) is 19.7. The summed E-state index contributed by atoms with van der Waals surface area (Å²) in [5.74, 6) is -0.166. The number of aromatic nitrogens is 1. The summed E-state index contributed by atoms with van der Waals surface area (Å²) in [6, 6.07) is 7.76. The first-order valence-corrected chi connectivity index (χ1v) is 14.1. The number of anilines is 1.